The maximum absolute atomic E-state index is 14.9. The smallest absolute Gasteiger partial charge is 0.306 e. The van der Waals surface area contributed by atoms with E-state index in [0.29, 0.717) is 18.5 Å². The Bertz CT molecular complexity index is 1790. The van der Waals surface area contributed by atoms with Crippen LogP contribution in [-0.2, 0) is 28.7 Å². The molecule has 3 heterocycles. The highest BCUT2D eigenvalue weighted by atomic mass is 79.9. The van der Waals surface area contributed by atoms with Crippen LogP contribution in [0.25, 0.3) is 10.8 Å². The molecule has 0 saturated carbocycles. The SMILES string of the molecule is C=CCCC(=O)OC[C@H](NC(=O)[C@H]1[C@@H]2O[C@@]3(CC2Br)[C@@H]1C(=O)N([C@H](C)CO)[C@@H]3C(=O)N(CC=C)c1ccc2ccccc2c1)c1ccccc1. The third-order valence-corrected chi connectivity index (χ3v) is 11.0. The number of alkyl halides is 1. The molecule has 1 unspecified atom stereocenters. The molecule has 3 aliphatic rings. The summed E-state index contributed by atoms with van der Waals surface area (Å²) in [5.41, 5.74) is 0.0140. The number of allylic oxidation sites excluding steroid dienone is 1. The lowest BCUT2D eigenvalue weighted by molar-refractivity contribution is -0.146. The number of carbonyl (C=O) groups is 4. The minimum atomic E-state index is -1.34. The van der Waals surface area contributed by atoms with Crippen molar-refractivity contribution in [1.82, 2.24) is 10.2 Å². The largest absolute Gasteiger partial charge is 0.463 e. The predicted molar refractivity (Wildman–Crippen MR) is 193 cm³/mol. The lowest BCUT2D eigenvalue weighted by Gasteiger charge is -2.38. The second kappa shape index (κ2) is 14.9. The summed E-state index contributed by atoms with van der Waals surface area (Å²) in [5.74, 6) is -3.61. The van der Waals surface area contributed by atoms with E-state index >= 15 is 0 Å². The topological polar surface area (TPSA) is 125 Å². The maximum Gasteiger partial charge on any atom is 0.306 e. The Labute approximate surface area is 300 Å². The number of likely N-dealkylation sites (tertiary alicyclic amines) is 1. The first-order valence-electron chi connectivity index (χ1n) is 16.9. The van der Waals surface area contributed by atoms with Gasteiger partial charge >= 0.3 is 5.97 Å². The molecule has 262 valence electrons. The number of esters is 1. The molecule has 3 aliphatic heterocycles. The van der Waals surface area contributed by atoms with E-state index in [0.717, 1.165) is 16.3 Å². The zero-order valence-corrected chi connectivity index (χ0v) is 29.5. The van der Waals surface area contributed by atoms with Crippen LogP contribution in [0.5, 0.6) is 0 Å². The Hall–Kier alpha value is -4.32. The quantitative estimate of drug-likeness (QED) is 0.137. The molecule has 3 aromatic rings. The summed E-state index contributed by atoms with van der Waals surface area (Å²) < 4.78 is 12.2. The van der Waals surface area contributed by atoms with E-state index in [1.807, 2.05) is 72.8 Å². The molecule has 2 bridgehead atoms. The van der Waals surface area contributed by atoms with Gasteiger partial charge in [0.1, 0.15) is 18.2 Å². The summed E-state index contributed by atoms with van der Waals surface area (Å²) in [4.78, 5) is 58.9. The van der Waals surface area contributed by atoms with Crippen molar-refractivity contribution in [2.75, 3.05) is 24.7 Å². The zero-order valence-electron chi connectivity index (χ0n) is 28.0. The molecule has 3 amide bonds. The number of carbonyl (C=O) groups excluding carboxylic acids is 4. The average molecular weight is 745 g/mol. The monoisotopic (exact) mass is 743 g/mol. The molecule has 3 saturated heterocycles. The fraction of sp³-hybridized carbons (Fsp3) is 0.385. The summed E-state index contributed by atoms with van der Waals surface area (Å²) in [6.07, 6.45) is 3.50. The number of fused-ring (bicyclic) bond motifs is 2. The third kappa shape index (κ3) is 6.38. The van der Waals surface area contributed by atoms with E-state index in [1.165, 1.54) is 4.90 Å². The number of nitrogens with one attached hydrogen (secondary N) is 1. The van der Waals surface area contributed by atoms with E-state index in [4.69, 9.17) is 9.47 Å². The van der Waals surface area contributed by atoms with Crippen molar-refractivity contribution in [2.24, 2.45) is 11.8 Å². The van der Waals surface area contributed by atoms with Gasteiger partial charge in [0.25, 0.3) is 5.91 Å². The van der Waals surface area contributed by atoms with Gasteiger partial charge in [0.15, 0.2) is 0 Å². The van der Waals surface area contributed by atoms with Gasteiger partial charge in [-0.05, 0) is 48.2 Å². The van der Waals surface area contributed by atoms with Crippen LogP contribution in [0.1, 0.15) is 37.8 Å². The van der Waals surface area contributed by atoms with Gasteiger partial charge in [0.05, 0.1) is 36.6 Å². The average Bonchev–Trinajstić information content (AvgIpc) is 3.73. The van der Waals surface area contributed by atoms with Gasteiger partial charge in [-0.15, -0.1) is 13.2 Å². The molecule has 3 aromatic carbocycles. The van der Waals surface area contributed by atoms with Crippen LogP contribution in [0.3, 0.4) is 0 Å². The molecule has 0 aliphatic carbocycles. The molecule has 6 rings (SSSR count). The lowest BCUT2D eigenvalue weighted by atomic mass is 9.70. The van der Waals surface area contributed by atoms with Crippen molar-refractivity contribution >= 4 is 56.1 Å². The zero-order chi connectivity index (χ0) is 35.6. The highest BCUT2D eigenvalue weighted by molar-refractivity contribution is 9.09. The van der Waals surface area contributed by atoms with Crippen LogP contribution in [0.2, 0.25) is 0 Å². The van der Waals surface area contributed by atoms with Crippen LogP contribution in [-0.4, -0.2) is 82.1 Å². The molecule has 50 heavy (non-hydrogen) atoms. The molecule has 2 N–H and O–H groups in total. The van der Waals surface area contributed by atoms with Gasteiger partial charge in [-0.3, -0.25) is 19.2 Å². The molecule has 0 aromatic heterocycles. The van der Waals surface area contributed by atoms with Crippen molar-refractivity contribution < 1.29 is 33.8 Å². The Kier molecular flexibility index (Phi) is 10.6. The van der Waals surface area contributed by atoms with Crippen molar-refractivity contribution in [3.8, 4) is 0 Å². The molecule has 8 atom stereocenters. The van der Waals surface area contributed by atoms with Crippen molar-refractivity contribution in [2.45, 2.75) is 60.8 Å². The molecule has 10 nitrogen and oxygen atoms in total. The number of hydrogen-bond acceptors (Lipinski definition) is 7. The number of nitrogens with zero attached hydrogens (tertiary/aromatic N) is 2. The number of ether oxygens (including phenoxy) is 2. The Morgan fingerprint density at radius 1 is 1.10 bits per heavy atom. The van der Waals surface area contributed by atoms with Crippen molar-refractivity contribution in [3.63, 3.8) is 0 Å². The summed E-state index contributed by atoms with van der Waals surface area (Å²) in [7, 11) is 0. The standard InChI is InChI=1S/C39H42BrN3O7/c1-4-6-16-31(45)49-23-30(26-13-8-7-9-14-26)41-36(46)32-33-37(47)43(24(3)22-44)35(39(33)21-29(40)34(32)50-39)38(48)42(19-5-2)28-18-17-25-12-10-11-15-27(25)20-28/h4-5,7-15,17-18,20,24,29-30,32-35,44H,1-2,6,16,19,21-23H2,3H3,(H,41,46)/t24-,29?,30+,32-,33+,34-,35-,39+/m1/s1. The first-order chi connectivity index (χ1) is 24.1. The van der Waals surface area contributed by atoms with Crippen LogP contribution >= 0.6 is 15.9 Å². The number of anilines is 1. The minimum Gasteiger partial charge on any atom is -0.463 e. The van der Waals surface area contributed by atoms with E-state index < -0.39 is 59.5 Å². The number of rotatable bonds is 14. The molecule has 1 spiro atoms. The second-order valence-corrected chi connectivity index (χ2v) is 14.4. The second-order valence-electron chi connectivity index (χ2n) is 13.2. The summed E-state index contributed by atoms with van der Waals surface area (Å²) >= 11 is 3.73. The first-order valence-corrected chi connectivity index (χ1v) is 17.8. The number of amides is 3. The third-order valence-electron chi connectivity index (χ3n) is 10.1. The van der Waals surface area contributed by atoms with E-state index in [-0.39, 0.29) is 36.9 Å². The van der Waals surface area contributed by atoms with Crippen LogP contribution in [0.4, 0.5) is 5.69 Å². The van der Waals surface area contributed by atoms with Gasteiger partial charge in [-0.2, -0.15) is 0 Å². The number of halogens is 1. The maximum atomic E-state index is 14.9. The summed E-state index contributed by atoms with van der Waals surface area (Å²) in [5, 5.41) is 15.3. The Morgan fingerprint density at radius 2 is 1.82 bits per heavy atom. The first kappa shape index (κ1) is 35.5. The predicted octanol–water partition coefficient (Wildman–Crippen LogP) is 4.85. The van der Waals surface area contributed by atoms with E-state index in [2.05, 4.69) is 34.4 Å². The van der Waals surface area contributed by atoms with E-state index in [1.54, 1.807) is 24.0 Å². The lowest BCUT2D eigenvalue weighted by Crippen LogP contribution is -2.59. The van der Waals surface area contributed by atoms with Crippen LogP contribution in [0, 0.1) is 11.8 Å². The number of hydrogen-bond donors (Lipinski definition) is 2. The molecule has 3 fully saturated rings. The van der Waals surface area contributed by atoms with Gasteiger partial charge < -0.3 is 29.7 Å². The minimum absolute atomic E-state index is 0.109. The number of benzene rings is 3. The molecular weight excluding hydrogens is 702 g/mol. The number of aliphatic hydroxyl groups is 1. The van der Waals surface area contributed by atoms with Gasteiger partial charge in [-0.1, -0.05) is 88.7 Å². The number of aliphatic hydroxyl groups excluding tert-OH is 1. The van der Waals surface area contributed by atoms with E-state index in [9.17, 15) is 24.3 Å². The van der Waals surface area contributed by atoms with Crippen molar-refractivity contribution in [1.29, 1.82) is 0 Å². The summed E-state index contributed by atoms with van der Waals surface area (Å²) in [6, 6.07) is 20.2. The fourth-order valence-electron chi connectivity index (χ4n) is 7.80. The van der Waals surface area contributed by atoms with Gasteiger partial charge in [-0.25, -0.2) is 0 Å². The normalized spacial score (nSPS) is 26.3. The molecular formula is C39H42BrN3O7. The highest BCUT2D eigenvalue weighted by Crippen LogP contribution is 2.60. The van der Waals surface area contributed by atoms with Crippen LogP contribution < -0.4 is 10.2 Å². The van der Waals surface area contributed by atoms with Crippen molar-refractivity contribution in [3.05, 3.63) is 104 Å². The Balaban J connectivity index is 1.34. The highest BCUT2D eigenvalue weighted by Gasteiger charge is 2.77. The molecule has 0 radical (unpaired) electrons. The fourth-order valence-corrected chi connectivity index (χ4v) is 8.74. The molecule has 11 heteroatoms. The summed E-state index contributed by atoms with van der Waals surface area (Å²) in [6.45, 7) is 8.89. The Morgan fingerprint density at radius 3 is 2.52 bits per heavy atom. The van der Waals surface area contributed by atoms with Gasteiger partial charge in [0, 0.05) is 23.5 Å². The van der Waals surface area contributed by atoms with Gasteiger partial charge in [0.2, 0.25) is 11.8 Å². The van der Waals surface area contributed by atoms with Crippen LogP contribution in [0.15, 0.2) is 98.1 Å².